The molecule has 4 heteroatoms. The average Bonchev–Trinajstić information content (AvgIpc) is 2.54. The Kier molecular flexibility index (Phi) is 5.69. The van der Waals surface area contributed by atoms with E-state index in [1.807, 2.05) is 54.6 Å². The van der Waals surface area contributed by atoms with Crippen molar-refractivity contribution in [2.45, 2.75) is 13.8 Å². The molecule has 0 aromatic heterocycles. The molecule has 0 atom stereocenters. The van der Waals surface area contributed by atoms with Gasteiger partial charge in [0, 0.05) is 11.8 Å². The van der Waals surface area contributed by atoms with Crippen molar-refractivity contribution in [3.05, 3.63) is 66.2 Å². The van der Waals surface area contributed by atoms with Gasteiger partial charge >= 0.3 is 5.97 Å². The molecule has 0 bridgehead atoms. The molecule has 0 aliphatic heterocycles. The van der Waals surface area contributed by atoms with Crippen LogP contribution >= 0.6 is 0 Å². The van der Waals surface area contributed by atoms with Crippen molar-refractivity contribution in [1.29, 1.82) is 0 Å². The summed E-state index contributed by atoms with van der Waals surface area (Å²) in [6.07, 6.45) is 1.35. The van der Waals surface area contributed by atoms with Gasteiger partial charge in [0.05, 0.1) is 0 Å². The predicted octanol–water partition coefficient (Wildman–Crippen LogP) is 3.80. The van der Waals surface area contributed by atoms with E-state index < -0.39 is 5.97 Å². The van der Waals surface area contributed by atoms with E-state index in [-0.39, 0.29) is 12.5 Å². The van der Waals surface area contributed by atoms with Crippen LogP contribution in [-0.4, -0.2) is 18.5 Å². The van der Waals surface area contributed by atoms with Crippen LogP contribution in [0.3, 0.4) is 0 Å². The second-order valence-electron chi connectivity index (χ2n) is 5.32. The quantitative estimate of drug-likeness (QED) is 0.675. The van der Waals surface area contributed by atoms with Crippen LogP contribution < -0.4 is 5.32 Å². The normalized spacial score (nSPS) is 9.83. The molecule has 23 heavy (non-hydrogen) atoms. The summed E-state index contributed by atoms with van der Waals surface area (Å²) in [6.45, 7) is 3.27. The highest BCUT2D eigenvalue weighted by Crippen LogP contribution is 2.20. The van der Waals surface area contributed by atoms with Gasteiger partial charge in [-0.25, -0.2) is 4.79 Å². The Morgan fingerprint density at radius 1 is 0.957 bits per heavy atom. The average molecular weight is 309 g/mol. The van der Waals surface area contributed by atoms with Crippen molar-refractivity contribution in [2.24, 2.45) is 0 Å². The Bertz CT molecular complexity index is 699. The maximum Gasteiger partial charge on any atom is 0.331 e. The van der Waals surface area contributed by atoms with Crippen molar-refractivity contribution in [2.75, 3.05) is 11.9 Å². The van der Waals surface area contributed by atoms with Crippen molar-refractivity contribution < 1.29 is 14.3 Å². The smallest absolute Gasteiger partial charge is 0.331 e. The molecule has 0 saturated heterocycles. The molecule has 1 N–H and O–H groups in total. The Morgan fingerprint density at radius 2 is 1.57 bits per heavy atom. The van der Waals surface area contributed by atoms with E-state index in [0.717, 1.165) is 16.7 Å². The number of ether oxygens (including phenoxy) is 1. The van der Waals surface area contributed by atoms with E-state index in [0.29, 0.717) is 5.69 Å². The molecule has 0 spiro atoms. The number of anilines is 1. The summed E-state index contributed by atoms with van der Waals surface area (Å²) in [7, 11) is 0. The number of nitrogens with one attached hydrogen (secondary N) is 1. The SMILES string of the molecule is CC(C)=CC(=O)OCC(=O)Nc1ccc(-c2ccccc2)cc1. The molecule has 0 radical (unpaired) electrons. The second-order valence-corrected chi connectivity index (χ2v) is 5.32. The van der Waals surface area contributed by atoms with Crippen molar-refractivity contribution in [1.82, 2.24) is 0 Å². The molecule has 2 aromatic rings. The summed E-state index contributed by atoms with van der Waals surface area (Å²) < 4.78 is 4.85. The van der Waals surface area contributed by atoms with Gasteiger partial charge < -0.3 is 10.1 Å². The first-order valence-electron chi connectivity index (χ1n) is 7.31. The fraction of sp³-hybridized carbons (Fsp3) is 0.158. The fourth-order valence-corrected chi connectivity index (χ4v) is 1.99. The van der Waals surface area contributed by atoms with E-state index in [1.54, 1.807) is 13.8 Å². The zero-order valence-corrected chi connectivity index (χ0v) is 13.2. The number of benzene rings is 2. The van der Waals surface area contributed by atoms with E-state index in [9.17, 15) is 9.59 Å². The van der Waals surface area contributed by atoms with Crippen LogP contribution in [0.4, 0.5) is 5.69 Å². The first kappa shape index (κ1) is 16.5. The van der Waals surface area contributed by atoms with Crippen LogP contribution in [0, 0.1) is 0 Å². The topological polar surface area (TPSA) is 55.4 Å². The Hall–Kier alpha value is -2.88. The number of carbonyl (C=O) groups excluding carboxylic acids is 2. The number of carbonyl (C=O) groups is 2. The fourth-order valence-electron chi connectivity index (χ4n) is 1.99. The van der Waals surface area contributed by atoms with Gasteiger partial charge in [-0.1, -0.05) is 48.0 Å². The summed E-state index contributed by atoms with van der Waals surface area (Å²) in [5.41, 5.74) is 3.67. The van der Waals surface area contributed by atoms with Crippen molar-refractivity contribution in [3.63, 3.8) is 0 Å². The molecule has 2 aromatic carbocycles. The number of esters is 1. The highest BCUT2D eigenvalue weighted by Gasteiger charge is 2.06. The number of allylic oxidation sites excluding steroid dienone is 1. The molecule has 2 rings (SSSR count). The summed E-state index contributed by atoms with van der Waals surface area (Å²) >= 11 is 0. The minimum Gasteiger partial charge on any atom is -0.452 e. The first-order chi connectivity index (χ1) is 11.0. The highest BCUT2D eigenvalue weighted by atomic mass is 16.5. The molecule has 0 aliphatic carbocycles. The van der Waals surface area contributed by atoms with Gasteiger partial charge in [0.2, 0.25) is 0 Å². The third-order valence-corrected chi connectivity index (χ3v) is 3.03. The van der Waals surface area contributed by atoms with Gasteiger partial charge in [0.1, 0.15) is 0 Å². The molecular formula is C19H19NO3. The van der Waals surface area contributed by atoms with Crippen LogP contribution in [0.5, 0.6) is 0 Å². The number of hydrogen-bond acceptors (Lipinski definition) is 3. The lowest BCUT2D eigenvalue weighted by Gasteiger charge is -2.07. The van der Waals surface area contributed by atoms with Gasteiger partial charge in [-0.2, -0.15) is 0 Å². The third kappa shape index (κ3) is 5.43. The van der Waals surface area contributed by atoms with Crippen LogP contribution in [0.2, 0.25) is 0 Å². The molecule has 0 saturated carbocycles. The Morgan fingerprint density at radius 3 is 2.17 bits per heavy atom. The number of amides is 1. The largest absolute Gasteiger partial charge is 0.452 e. The van der Waals surface area contributed by atoms with Crippen LogP contribution in [0.15, 0.2) is 66.2 Å². The number of hydrogen-bond donors (Lipinski definition) is 1. The highest BCUT2D eigenvalue weighted by molar-refractivity contribution is 5.94. The standard InChI is InChI=1S/C19H19NO3/c1-14(2)12-19(22)23-13-18(21)20-17-10-8-16(9-11-17)15-6-4-3-5-7-15/h3-12H,13H2,1-2H3,(H,20,21). The monoisotopic (exact) mass is 309 g/mol. The molecule has 4 nitrogen and oxygen atoms in total. The lowest BCUT2D eigenvalue weighted by Crippen LogP contribution is -2.20. The zero-order valence-electron chi connectivity index (χ0n) is 13.2. The zero-order chi connectivity index (χ0) is 16.7. The first-order valence-corrected chi connectivity index (χ1v) is 7.31. The van der Waals surface area contributed by atoms with Crippen molar-refractivity contribution in [3.8, 4) is 11.1 Å². The van der Waals surface area contributed by atoms with Gasteiger partial charge in [0.15, 0.2) is 6.61 Å². The summed E-state index contributed by atoms with van der Waals surface area (Å²) in [5, 5.41) is 2.69. The van der Waals surface area contributed by atoms with E-state index in [4.69, 9.17) is 4.74 Å². The van der Waals surface area contributed by atoms with Crippen LogP contribution in [0.1, 0.15) is 13.8 Å². The minimum atomic E-state index is -0.514. The predicted molar refractivity (Wildman–Crippen MR) is 90.9 cm³/mol. The third-order valence-electron chi connectivity index (χ3n) is 3.03. The van der Waals surface area contributed by atoms with E-state index in [2.05, 4.69) is 5.32 Å². The molecule has 0 unspecified atom stereocenters. The van der Waals surface area contributed by atoms with Gasteiger partial charge in [-0.15, -0.1) is 0 Å². The summed E-state index contributed by atoms with van der Waals surface area (Å²) in [5.74, 6) is -0.882. The van der Waals surface area contributed by atoms with Gasteiger partial charge in [-0.05, 0) is 37.1 Å². The van der Waals surface area contributed by atoms with Crippen molar-refractivity contribution >= 4 is 17.6 Å². The molecule has 0 fully saturated rings. The lowest BCUT2D eigenvalue weighted by atomic mass is 10.1. The summed E-state index contributed by atoms with van der Waals surface area (Å²) in [4.78, 5) is 23.1. The summed E-state index contributed by atoms with van der Waals surface area (Å²) in [6, 6.07) is 17.5. The maximum absolute atomic E-state index is 11.7. The molecule has 0 heterocycles. The molecule has 1 amide bonds. The van der Waals surface area contributed by atoms with Gasteiger partial charge in [-0.3, -0.25) is 4.79 Å². The maximum atomic E-state index is 11.7. The van der Waals surface area contributed by atoms with E-state index in [1.165, 1.54) is 6.08 Å². The van der Waals surface area contributed by atoms with Gasteiger partial charge in [0.25, 0.3) is 5.91 Å². The molecular weight excluding hydrogens is 290 g/mol. The molecule has 0 aliphatic rings. The Balaban J connectivity index is 1.90. The lowest BCUT2D eigenvalue weighted by molar-refractivity contribution is -0.142. The minimum absolute atomic E-state index is 0.303. The molecule has 118 valence electrons. The van der Waals surface area contributed by atoms with E-state index >= 15 is 0 Å². The number of rotatable bonds is 5. The van der Waals surface area contributed by atoms with Crippen LogP contribution in [-0.2, 0) is 14.3 Å². The Labute approximate surface area is 135 Å². The second kappa shape index (κ2) is 7.94. The van der Waals surface area contributed by atoms with Crippen LogP contribution in [0.25, 0.3) is 11.1 Å².